The van der Waals surface area contributed by atoms with Crippen LogP contribution in [-0.2, 0) is 11.0 Å². The second-order valence-electron chi connectivity index (χ2n) is 9.49. The van der Waals surface area contributed by atoms with Crippen molar-refractivity contribution in [2.24, 2.45) is 0 Å². The van der Waals surface area contributed by atoms with Crippen LogP contribution in [0.5, 0.6) is 5.75 Å². The van der Waals surface area contributed by atoms with Crippen LogP contribution in [0.15, 0.2) is 54.7 Å². The van der Waals surface area contributed by atoms with Gasteiger partial charge in [-0.3, -0.25) is 19.5 Å². The molecule has 0 spiro atoms. The normalized spacial score (nSPS) is 15.4. The lowest BCUT2D eigenvalue weighted by Crippen LogP contribution is -2.37. The van der Waals surface area contributed by atoms with Crippen molar-refractivity contribution in [2.75, 3.05) is 31.6 Å². The lowest BCUT2D eigenvalue weighted by molar-refractivity contribution is -0.142. The zero-order chi connectivity index (χ0) is 29.7. The minimum atomic E-state index is -4.72. The highest BCUT2D eigenvalue weighted by Crippen LogP contribution is 2.35. The Bertz CT molecular complexity index is 1490. The van der Waals surface area contributed by atoms with Crippen LogP contribution in [0.1, 0.15) is 40.9 Å². The van der Waals surface area contributed by atoms with Crippen molar-refractivity contribution in [1.29, 1.82) is 5.26 Å². The monoisotopic (exact) mass is 586 g/mol. The van der Waals surface area contributed by atoms with Gasteiger partial charge in [0.2, 0.25) is 0 Å². The molecule has 1 aromatic heterocycles. The summed E-state index contributed by atoms with van der Waals surface area (Å²) in [6.07, 6.45) is -1.74. The highest BCUT2D eigenvalue weighted by Gasteiger charge is 2.33. The Kier molecular flexibility index (Phi) is 9.15. The van der Waals surface area contributed by atoms with Gasteiger partial charge in [0.05, 0.1) is 23.9 Å². The number of carbonyl (C=O) groups excluding carboxylic acids is 1. The molecule has 1 fully saturated rings. The van der Waals surface area contributed by atoms with Crippen molar-refractivity contribution < 1.29 is 32.6 Å². The van der Waals surface area contributed by atoms with Gasteiger partial charge in [0.1, 0.15) is 17.5 Å². The number of carbonyl (C=O) groups is 2. The largest absolute Gasteiger partial charge is 0.491 e. The number of hydrogen-bond acceptors (Lipinski definition) is 6. The molecule has 0 bridgehead atoms. The quantitative estimate of drug-likeness (QED) is 0.312. The van der Waals surface area contributed by atoms with Crippen molar-refractivity contribution in [2.45, 2.75) is 31.5 Å². The predicted molar refractivity (Wildman–Crippen MR) is 146 cm³/mol. The Morgan fingerprint density at radius 3 is 2.68 bits per heavy atom. The molecule has 2 heterocycles. The summed E-state index contributed by atoms with van der Waals surface area (Å²) < 4.78 is 45.3. The molecule has 2 aromatic carbocycles. The number of rotatable bonds is 9. The second kappa shape index (κ2) is 12.6. The van der Waals surface area contributed by atoms with Gasteiger partial charge < -0.3 is 14.7 Å². The van der Waals surface area contributed by atoms with Gasteiger partial charge in [0.25, 0.3) is 5.91 Å². The number of aromatic nitrogens is 1. The summed E-state index contributed by atoms with van der Waals surface area (Å²) in [6.45, 7) is 1.61. The summed E-state index contributed by atoms with van der Waals surface area (Å²) in [4.78, 5) is 31.6. The molecule has 1 N–H and O–H groups in total. The molecule has 3 aromatic rings. The molecule has 1 atom stereocenters. The Labute approximate surface area is 239 Å². The van der Waals surface area contributed by atoms with Crippen LogP contribution in [0.3, 0.4) is 0 Å². The number of benzene rings is 2. The average Bonchev–Trinajstić information content (AvgIpc) is 3.43. The van der Waals surface area contributed by atoms with Crippen molar-refractivity contribution >= 4 is 29.2 Å². The second-order valence-corrected chi connectivity index (χ2v) is 9.89. The Hall–Kier alpha value is -4.14. The molecule has 0 radical (unpaired) electrons. The Morgan fingerprint density at radius 2 is 1.98 bits per heavy atom. The van der Waals surface area contributed by atoms with Crippen LogP contribution < -0.4 is 9.64 Å². The van der Waals surface area contributed by atoms with Gasteiger partial charge in [-0.1, -0.05) is 23.7 Å². The zero-order valence-electron chi connectivity index (χ0n) is 22.0. The first-order valence-corrected chi connectivity index (χ1v) is 13.1. The van der Waals surface area contributed by atoms with E-state index >= 15 is 0 Å². The number of carboxylic acids is 1. The van der Waals surface area contributed by atoms with Gasteiger partial charge in [-0.05, 0) is 62.2 Å². The van der Waals surface area contributed by atoms with Gasteiger partial charge in [0.15, 0.2) is 0 Å². The summed E-state index contributed by atoms with van der Waals surface area (Å²) in [5.41, 5.74) is -0.578. The van der Waals surface area contributed by atoms with Crippen molar-refractivity contribution in [3.63, 3.8) is 0 Å². The fourth-order valence-electron chi connectivity index (χ4n) is 4.76. The summed E-state index contributed by atoms with van der Waals surface area (Å²) in [6, 6.07) is 13.2. The number of hydrogen-bond donors (Lipinski definition) is 1. The molecule has 1 aliphatic heterocycles. The third kappa shape index (κ3) is 6.78. The number of amides is 1. The molecule has 1 saturated heterocycles. The fraction of sp³-hybridized carbons (Fsp3) is 0.310. The Balaban J connectivity index is 1.51. The van der Waals surface area contributed by atoms with E-state index in [2.05, 4.69) is 4.98 Å². The molecule has 1 aliphatic rings. The van der Waals surface area contributed by atoms with Crippen molar-refractivity contribution in [3.05, 3.63) is 76.6 Å². The van der Waals surface area contributed by atoms with Gasteiger partial charge >= 0.3 is 12.1 Å². The van der Waals surface area contributed by atoms with Gasteiger partial charge in [-0.2, -0.15) is 18.4 Å². The van der Waals surface area contributed by atoms with Crippen LogP contribution in [0.25, 0.3) is 11.1 Å². The van der Waals surface area contributed by atoms with E-state index in [1.165, 1.54) is 23.1 Å². The van der Waals surface area contributed by atoms with E-state index in [4.69, 9.17) is 16.3 Å². The van der Waals surface area contributed by atoms with E-state index in [1.54, 1.807) is 37.4 Å². The minimum Gasteiger partial charge on any atom is -0.491 e. The zero-order valence-corrected chi connectivity index (χ0v) is 22.7. The molecule has 0 saturated carbocycles. The van der Waals surface area contributed by atoms with Crippen LogP contribution >= 0.6 is 11.6 Å². The topological polar surface area (TPSA) is 107 Å². The molecule has 8 nitrogen and oxygen atoms in total. The number of carboxylic acid groups (broad SMARTS) is 1. The van der Waals surface area contributed by atoms with Gasteiger partial charge in [-0.15, -0.1) is 0 Å². The SMILES string of the molecule is CN(C(=O)c1ccc(Cl)c(-c2cnc(C(F)(F)F)cc2C#N)c1)c1ccccc1OCCCN1CCCC1C(=O)O. The van der Waals surface area contributed by atoms with Crippen molar-refractivity contribution in [3.8, 4) is 22.9 Å². The van der Waals surface area contributed by atoms with Gasteiger partial charge in [0, 0.05) is 41.5 Å². The number of nitrogens with zero attached hydrogens (tertiary/aromatic N) is 4. The van der Waals surface area contributed by atoms with Crippen LogP contribution in [-0.4, -0.2) is 59.7 Å². The number of nitriles is 1. The first-order chi connectivity index (χ1) is 19.5. The maximum atomic E-state index is 13.5. The summed E-state index contributed by atoms with van der Waals surface area (Å²) in [5, 5.41) is 19.0. The number of anilines is 1. The summed E-state index contributed by atoms with van der Waals surface area (Å²) in [7, 11) is 1.56. The third-order valence-electron chi connectivity index (χ3n) is 6.85. The highest BCUT2D eigenvalue weighted by molar-refractivity contribution is 6.33. The number of ether oxygens (including phenoxy) is 1. The highest BCUT2D eigenvalue weighted by atomic mass is 35.5. The summed E-state index contributed by atoms with van der Waals surface area (Å²) >= 11 is 6.32. The Morgan fingerprint density at radius 1 is 1.22 bits per heavy atom. The maximum absolute atomic E-state index is 13.5. The molecule has 1 amide bonds. The number of alkyl halides is 3. The van der Waals surface area contributed by atoms with Crippen LogP contribution in [0.4, 0.5) is 18.9 Å². The summed E-state index contributed by atoms with van der Waals surface area (Å²) in [5.74, 6) is -0.816. The van der Waals surface area contributed by atoms with Crippen molar-refractivity contribution in [1.82, 2.24) is 9.88 Å². The standard InChI is InChI=1S/C29H26ClF3N4O4/c1-36(23-6-2-3-8-25(23)41-13-5-12-37-11-4-7-24(37)28(39)40)27(38)18-9-10-22(30)20(14-18)21-17-35-26(29(31,32)33)15-19(21)16-34/h2-3,6,8-10,14-15,17,24H,4-5,7,11-13H2,1H3,(H,39,40). The maximum Gasteiger partial charge on any atom is 0.433 e. The number of aliphatic carboxylic acids is 1. The fourth-order valence-corrected chi connectivity index (χ4v) is 4.98. The first kappa shape index (κ1) is 29.8. The van der Waals surface area contributed by atoms with E-state index in [0.717, 1.165) is 19.2 Å². The molecule has 0 aliphatic carbocycles. The van der Waals surface area contributed by atoms with E-state index < -0.39 is 29.8 Å². The molecular weight excluding hydrogens is 561 g/mol. The molecule has 4 rings (SSSR count). The molecule has 1 unspecified atom stereocenters. The smallest absolute Gasteiger partial charge is 0.433 e. The average molecular weight is 587 g/mol. The number of halogens is 4. The van der Waals surface area contributed by atoms with Gasteiger partial charge in [-0.25, -0.2) is 0 Å². The van der Waals surface area contributed by atoms with E-state index in [-0.39, 0.29) is 27.3 Å². The number of para-hydroxylation sites is 2. The third-order valence-corrected chi connectivity index (χ3v) is 7.18. The number of likely N-dealkylation sites (tertiary alicyclic amines) is 1. The predicted octanol–water partition coefficient (Wildman–Crippen LogP) is 5.89. The van der Waals surface area contributed by atoms with Crippen LogP contribution in [0.2, 0.25) is 5.02 Å². The number of pyridine rings is 1. The molecule has 41 heavy (non-hydrogen) atoms. The van der Waals surface area contributed by atoms with E-state index in [1.807, 2.05) is 4.90 Å². The molecule has 12 heteroatoms. The first-order valence-electron chi connectivity index (χ1n) is 12.7. The molecular formula is C29H26ClF3N4O4. The molecule has 214 valence electrons. The van der Waals surface area contributed by atoms with Crippen LogP contribution in [0, 0.1) is 11.3 Å². The van der Waals surface area contributed by atoms with E-state index in [0.29, 0.717) is 43.5 Å². The van der Waals surface area contributed by atoms with E-state index in [9.17, 15) is 33.1 Å². The lowest BCUT2D eigenvalue weighted by atomic mass is 9.99. The minimum absolute atomic E-state index is 0.0645. The lowest BCUT2D eigenvalue weighted by Gasteiger charge is -2.23.